The topological polar surface area (TPSA) is 62.3 Å². The Labute approximate surface area is 151 Å². The predicted octanol–water partition coefficient (Wildman–Crippen LogP) is 3.33. The zero-order valence-electron chi connectivity index (χ0n) is 14.1. The van der Waals surface area contributed by atoms with E-state index in [9.17, 15) is 9.59 Å². The number of nitrogens with zero attached hydrogens (tertiary/aromatic N) is 2. The van der Waals surface area contributed by atoms with E-state index in [0.29, 0.717) is 11.6 Å². The molecule has 1 saturated heterocycles. The third-order valence-corrected chi connectivity index (χ3v) is 5.77. The van der Waals surface area contributed by atoms with Gasteiger partial charge in [0.25, 0.3) is 0 Å². The van der Waals surface area contributed by atoms with E-state index in [1.165, 1.54) is 35.3 Å². The fourth-order valence-electron chi connectivity index (χ4n) is 3.61. The van der Waals surface area contributed by atoms with Crippen molar-refractivity contribution in [3.8, 4) is 0 Å². The molecule has 2 amide bonds. The Kier molecular flexibility index (Phi) is 4.53. The minimum Gasteiger partial charge on any atom is -0.325 e. The van der Waals surface area contributed by atoms with Gasteiger partial charge in [0.1, 0.15) is 0 Å². The lowest BCUT2D eigenvalue weighted by Gasteiger charge is -2.19. The maximum atomic E-state index is 12.4. The van der Waals surface area contributed by atoms with Crippen LogP contribution in [-0.2, 0) is 28.9 Å². The minimum atomic E-state index is -0.0522. The zero-order valence-corrected chi connectivity index (χ0v) is 14.9. The van der Waals surface area contributed by atoms with Gasteiger partial charge in [0.15, 0.2) is 5.13 Å². The summed E-state index contributed by atoms with van der Waals surface area (Å²) < 4.78 is 0. The van der Waals surface area contributed by atoms with E-state index in [1.807, 2.05) is 17.5 Å². The molecule has 0 bridgehead atoms. The maximum absolute atomic E-state index is 12.4. The van der Waals surface area contributed by atoms with E-state index in [2.05, 4.69) is 16.4 Å². The Hall–Kier alpha value is -2.21. The second kappa shape index (κ2) is 6.96. The molecule has 0 saturated carbocycles. The van der Waals surface area contributed by atoms with Gasteiger partial charge in [-0.25, -0.2) is 4.98 Å². The first-order valence-electron chi connectivity index (χ1n) is 8.86. The monoisotopic (exact) mass is 355 g/mol. The molecule has 6 heteroatoms. The molecule has 2 heterocycles. The van der Waals surface area contributed by atoms with Gasteiger partial charge in [0.2, 0.25) is 11.8 Å². The number of hydrogen-bond acceptors (Lipinski definition) is 4. The summed E-state index contributed by atoms with van der Waals surface area (Å²) in [6, 6.07) is 6.15. The van der Waals surface area contributed by atoms with Crippen LogP contribution in [-0.4, -0.2) is 23.3 Å². The number of anilines is 2. The molecule has 1 aromatic heterocycles. The number of thiazole rings is 1. The van der Waals surface area contributed by atoms with Crippen LogP contribution >= 0.6 is 11.3 Å². The molecule has 25 heavy (non-hydrogen) atoms. The van der Waals surface area contributed by atoms with Gasteiger partial charge in [-0.15, -0.1) is 11.3 Å². The van der Waals surface area contributed by atoms with E-state index >= 15 is 0 Å². The van der Waals surface area contributed by atoms with E-state index < -0.39 is 0 Å². The molecule has 2 aliphatic rings. The van der Waals surface area contributed by atoms with Gasteiger partial charge in [-0.1, -0.05) is 12.1 Å². The molecule has 130 valence electrons. The summed E-state index contributed by atoms with van der Waals surface area (Å²) in [6.07, 6.45) is 6.24. The lowest BCUT2D eigenvalue weighted by Crippen LogP contribution is -2.23. The van der Waals surface area contributed by atoms with Gasteiger partial charge < -0.3 is 5.32 Å². The molecule has 2 aromatic rings. The number of benzene rings is 1. The van der Waals surface area contributed by atoms with Gasteiger partial charge in [-0.2, -0.15) is 0 Å². The first-order chi connectivity index (χ1) is 12.2. The number of carbonyl (C=O) groups is 2. The number of rotatable bonds is 4. The Morgan fingerprint density at radius 3 is 2.92 bits per heavy atom. The first kappa shape index (κ1) is 16.3. The van der Waals surface area contributed by atoms with Crippen LogP contribution in [0.15, 0.2) is 23.6 Å². The van der Waals surface area contributed by atoms with Gasteiger partial charge in [-0.3, -0.25) is 14.5 Å². The summed E-state index contributed by atoms with van der Waals surface area (Å²) in [4.78, 5) is 30.4. The molecule has 4 rings (SSSR count). The number of aryl methyl sites for hydroxylation is 1. The van der Waals surface area contributed by atoms with Gasteiger partial charge in [0, 0.05) is 24.0 Å². The van der Waals surface area contributed by atoms with Gasteiger partial charge >= 0.3 is 0 Å². The van der Waals surface area contributed by atoms with Crippen molar-refractivity contribution in [1.29, 1.82) is 0 Å². The highest BCUT2D eigenvalue weighted by atomic mass is 32.1. The Morgan fingerprint density at radius 2 is 2.08 bits per heavy atom. The Balaban J connectivity index is 1.43. The van der Waals surface area contributed by atoms with Crippen molar-refractivity contribution in [3.63, 3.8) is 0 Å². The second-order valence-electron chi connectivity index (χ2n) is 6.65. The molecule has 1 aromatic carbocycles. The second-order valence-corrected chi connectivity index (χ2v) is 7.48. The van der Waals surface area contributed by atoms with Crippen LogP contribution in [0.4, 0.5) is 10.8 Å². The van der Waals surface area contributed by atoms with Crippen molar-refractivity contribution in [2.24, 2.45) is 0 Å². The largest absolute Gasteiger partial charge is 0.325 e. The SMILES string of the molecule is O=C(Cc1csc(N2CCCC2=O)n1)Nc1cccc2c1CCCC2. The fraction of sp³-hybridized carbons (Fsp3) is 0.421. The first-order valence-corrected chi connectivity index (χ1v) is 9.74. The summed E-state index contributed by atoms with van der Waals surface area (Å²) in [6.45, 7) is 0.730. The van der Waals surface area contributed by atoms with Crippen LogP contribution in [0.5, 0.6) is 0 Å². The smallest absolute Gasteiger partial charge is 0.230 e. The maximum Gasteiger partial charge on any atom is 0.230 e. The van der Waals surface area contributed by atoms with Crippen LogP contribution < -0.4 is 10.2 Å². The normalized spacial score (nSPS) is 16.8. The average Bonchev–Trinajstić information content (AvgIpc) is 3.24. The van der Waals surface area contributed by atoms with Crippen LogP contribution in [0, 0.1) is 0 Å². The molecular formula is C19H21N3O2S. The van der Waals surface area contributed by atoms with Crippen molar-refractivity contribution in [3.05, 3.63) is 40.4 Å². The number of amides is 2. The molecule has 0 atom stereocenters. The van der Waals surface area contributed by atoms with Crippen molar-refractivity contribution in [1.82, 2.24) is 4.98 Å². The van der Waals surface area contributed by atoms with Crippen LogP contribution in [0.1, 0.15) is 42.5 Å². The van der Waals surface area contributed by atoms with E-state index in [4.69, 9.17) is 0 Å². The van der Waals surface area contributed by atoms with Crippen molar-refractivity contribution < 1.29 is 9.59 Å². The highest BCUT2D eigenvalue weighted by Gasteiger charge is 2.24. The van der Waals surface area contributed by atoms with Crippen molar-refractivity contribution in [2.75, 3.05) is 16.8 Å². The lowest BCUT2D eigenvalue weighted by atomic mass is 9.90. The van der Waals surface area contributed by atoms with E-state index in [0.717, 1.165) is 37.2 Å². The average molecular weight is 355 g/mol. The Bertz CT molecular complexity index is 815. The zero-order chi connectivity index (χ0) is 17.2. The van der Waals surface area contributed by atoms with Gasteiger partial charge in [-0.05, 0) is 49.3 Å². The minimum absolute atomic E-state index is 0.0522. The fourth-order valence-corrected chi connectivity index (χ4v) is 4.48. The number of aromatic nitrogens is 1. The van der Waals surface area contributed by atoms with Crippen molar-refractivity contribution >= 4 is 34.0 Å². The summed E-state index contributed by atoms with van der Waals surface area (Å²) in [5.41, 5.74) is 4.30. The molecule has 0 unspecified atom stereocenters. The molecule has 1 fully saturated rings. The standard InChI is InChI=1S/C19H21N3O2S/c23-17(21-16-8-3-6-13-5-1-2-7-15(13)16)11-14-12-25-19(20-14)22-10-4-9-18(22)24/h3,6,8,12H,1-2,4-5,7,9-11H2,(H,21,23). The highest BCUT2D eigenvalue weighted by molar-refractivity contribution is 7.14. The third kappa shape index (κ3) is 3.44. The lowest BCUT2D eigenvalue weighted by molar-refractivity contribution is -0.117. The van der Waals surface area contributed by atoms with Gasteiger partial charge in [0.05, 0.1) is 12.1 Å². The number of nitrogens with one attached hydrogen (secondary N) is 1. The van der Waals surface area contributed by atoms with Crippen LogP contribution in [0.25, 0.3) is 0 Å². The molecular weight excluding hydrogens is 334 g/mol. The molecule has 1 aliphatic heterocycles. The third-order valence-electron chi connectivity index (χ3n) is 4.86. The van der Waals surface area contributed by atoms with Crippen molar-refractivity contribution in [2.45, 2.75) is 44.9 Å². The highest BCUT2D eigenvalue weighted by Crippen LogP contribution is 2.28. The summed E-state index contributed by atoms with van der Waals surface area (Å²) in [7, 11) is 0. The molecule has 1 N–H and O–H groups in total. The van der Waals surface area contributed by atoms with E-state index in [1.54, 1.807) is 4.90 Å². The number of fused-ring (bicyclic) bond motifs is 1. The molecule has 0 spiro atoms. The summed E-state index contributed by atoms with van der Waals surface area (Å²) in [5, 5.41) is 5.64. The molecule has 0 radical (unpaired) electrons. The van der Waals surface area contributed by atoms with Crippen LogP contribution in [0.3, 0.4) is 0 Å². The van der Waals surface area contributed by atoms with E-state index in [-0.39, 0.29) is 18.2 Å². The number of hydrogen-bond donors (Lipinski definition) is 1. The Morgan fingerprint density at radius 1 is 1.20 bits per heavy atom. The molecule has 5 nitrogen and oxygen atoms in total. The molecule has 1 aliphatic carbocycles. The predicted molar refractivity (Wildman–Crippen MR) is 99.1 cm³/mol. The number of carbonyl (C=O) groups excluding carboxylic acids is 2. The quantitative estimate of drug-likeness (QED) is 0.915. The summed E-state index contributed by atoms with van der Waals surface area (Å²) in [5.74, 6) is 0.0739. The van der Waals surface area contributed by atoms with Crippen LogP contribution in [0.2, 0.25) is 0 Å². The summed E-state index contributed by atoms with van der Waals surface area (Å²) >= 11 is 1.44.